The normalized spacial score (nSPS) is 17.9. The number of aromatic nitrogens is 3. The minimum atomic E-state index is -1.07. The van der Waals surface area contributed by atoms with E-state index in [2.05, 4.69) is 32.2 Å². The predicted octanol–water partition coefficient (Wildman–Crippen LogP) is 2.42. The lowest BCUT2D eigenvalue weighted by Crippen LogP contribution is -2.59. The molecule has 7 nitrogen and oxygen atoms in total. The molecule has 4 rings (SSSR count). The fourth-order valence-electron chi connectivity index (χ4n) is 3.32. The molecule has 2 N–H and O–H groups in total. The summed E-state index contributed by atoms with van der Waals surface area (Å²) in [5.74, 6) is 0.337. The van der Waals surface area contributed by atoms with Gasteiger partial charge >= 0.3 is 5.97 Å². The zero-order chi connectivity index (χ0) is 18.9. The predicted molar refractivity (Wildman–Crippen MR) is 101 cm³/mol. The van der Waals surface area contributed by atoms with E-state index in [4.69, 9.17) is 0 Å². The molecule has 0 spiro atoms. The van der Waals surface area contributed by atoms with Crippen LogP contribution >= 0.6 is 11.8 Å². The van der Waals surface area contributed by atoms with Crippen LogP contribution in [0.3, 0.4) is 0 Å². The van der Waals surface area contributed by atoms with Crippen molar-refractivity contribution in [3.05, 3.63) is 41.7 Å². The second-order valence-corrected chi connectivity index (χ2v) is 8.21. The van der Waals surface area contributed by atoms with E-state index in [1.54, 1.807) is 0 Å². The number of rotatable bonds is 8. The summed E-state index contributed by atoms with van der Waals surface area (Å²) in [7, 11) is 0. The summed E-state index contributed by atoms with van der Waals surface area (Å²) in [6.07, 6.45) is 4.07. The topological polar surface area (TPSA) is 97.1 Å². The molecule has 2 aliphatic rings. The quantitative estimate of drug-likeness (QED) is 0.676. The Morgan fingerprint density at radius 3 is 2.56 bits per heavy atom. The van der Waals surface area contributed by atoms with E-state index in [0.29, 0.717) is 30.5 Å². The summed E-state index contributed by atoms with van der Waals surface area (Å²) in [6, 6.07) is 10.1. The van der Waals surface area contributed by atoms with Crippen LogP contribution in [0.2, 0.25) is 0 Å². The summed E-state index contributed by atoms with van der Waals surface area (Å²) in [6.45, 7) is 0.669. The molecule has 2 saturated carbocycles. The van der Waals surface area contributed by atoms with Crippen molar-refractivity contribution >= 4 is 23.6 Å². The third kappa shape index (κ3) is 3.85. The number of hydrogen-bond donors (Lipinski definition) is 2. The van der Waals surface area contributed by atoms with Crippen molar-refractivity contribution < 1.29 is 14.7 Å². The van der Waals surface area contributed by atoms with E-state index in [9.17, 15) is 14.7 Å². The number of hydrogen-bond acceptors (Lipinski definition) is 5. The van der Waals surface area contributed by atoms with Crippen LogP contribution in [0.4, 0.5) is 0 Å². The number of benzene rings is 1. The maximum absolute atomic E-state index is 12.3. The highest BCUT2D eigenvalue weighted by atomic mass is 32.2. The molecule has 0 unspecified atom stereocenters. The molecule has 2 aliphatic carbocycles. The van der Waals surface area contributed by atoms with E-state index < -0.39 is 11.5 Å². The second kappa shape index (κ2) is 7.34. The molecule has 1 heterocycles. The average molecular weight is 386 g/mol. The minimum absolute atomic E-state index is 0.132. The molecule has 0 radical (unpaired) electrons. The van der Waals surface area contributed by atoms with Crippen LogP contribution < -0.4 is 5.32 Å². The first kappa shape index (κ1) is 18.0. The van der Waals surface area contributed by atoms with Crippen LogP contribution in [0.5, 0.6) is 0 Å². The SMILES string of the molecule is O=C(CSc1nnc(C2CC2)n1Cc1ccccc1)NC1(C(=O)O)CCC1. The smallest absolute Gasteiger partial charge is 0.329 e. The molecule has 2 fully saturated rings. The molecule has 142 valence electrons. The molecule has 0 aliphatic heterocycles. The molecule has 1 aromatic carbocycles. The summed E-state index contributed by atoms with van der Waals surface area (Å²) in [4.78, 5) is 23.7. The fraction of sp³-hybridized carbons (Fsp3) is 0.474. The van der Waals surface area contributed by atoms with Gasteiger partial charge in [0.15, 0.2) is 5.16 Å². The van der Waals surface area contributed by atoms with Crippen LogP contribution in [0, 0.1) is 0 Å². The average Bonchev–Trinajstić information content (AvgIpc) is 3.39. The molecular formula is C19H22N4O3S. The summed E-state index contributed by atoms with van der Waals surface area (Å²) < 4.78 is 2.08. The van der Waals surface area contributed by atoms with Gasteiger partial charge in [-0.05, 0) is 37.7 Å². The van der Waals surface area contributed by atoms with Crippen molar-refractivity contribution in [3.8, 4) is 0 Å². The third-order valence-electron chi connectivity index (χ3n) is 5.20. The highest BCUT2D eigenvalue weighted by molar-refractivity contribution is 7.99. The molecule has 0 bridgehead atoms. The number of thioether (sulfide) groups is 1. The molecule has 0 atom stereocenters. The van der Waals surface area contributed by atoms with E-state index in [-0.39, 0.29) is 11.7 Å². The maximum Gasteiger partial charge on any atom is 0.329 e. The number of carbonyl (C=O) groups is 2. The number of carboxylic acids is 1. The number of nitrogens with one attached hydrogen (secondary N) is 1. The van der Waals surface area contributed by atoms with Gasteiger partial charge in [0, 0.05) is 5.92 Å². The summed E-state index contributed by atoms with van der Waals surface area (Å²) >= 11 is 1.31. The Morgan fingerprint density at radius 1 is 1.22 bits per heavy atom. The summed E-state index contributed by atoms with van der Waals surface area (Å²) in [5.41, 5.74) is 0.0823. The Bertz CT molecular complexity index is 844. The standard InChI is InChI=1S/C19H22N4O3S/c24-15(20-19(17(25)26)9-4-10-19)12-27-18-22-21-16(14-7-8-14)23(18)11-13-5-2-1-3-6-13/h1-3,5-6,14H,4,7-12H2,(H,20,24)(H,25,26). The Hall–Kier alpha value is -2.35. The van der Waals surface area contributed by atoms with E-state index in [1.165, 1.54) is 11.8 Å². The van der Waals surface area contributed by atoms with Crippen molar-refractivity contribution in [1.82, 2.24) is 20.1 Å². The first-order valence-electron chi connectivity index (χ1n) is 9.22. The van der Waals surface area contributed by atoms with Gasteiger partial charge < -0.3 is 15.0 Å². The molecule has 8 heteroatoms. The fourth-order valence-corrected chi connectivity index (χ4v) is 4.07. The van der Waals surface area contributed by atoms with Gasteiger partial charge in [-0.2, -0.15) is 0 Å². The number of aliphatic carboxylic acids is 1. The highest BCUT2D eigenvalue weighted by Gasteiger charge is 2.45. The van der Waals surface area contributed by atoms with E-state index >= 15 is 0 Å². The van der Waals surface area contributed by atoms with Gasteiger partial charge in [-0.15, -0.1) is 10.2 Å². The van der Waals surface area contributed by atoms with Crippen LogP contribution in [-0.4, -0.2) is 43.0 Å². The second-order valence-electron chi connectivity index (χ2n) is 7.26. The van der Waals surface area contributed by atoms with Crippen molar-refractivity contribution in [2.24, 2.45) is 0 Å². The van der Waals surface area contributed by atoms with Gasteiger partial charge in [-0.1, -0.05) is 42.1 Å². The van der Waals surface area contributed by atoms with Gasteiger partial charge in [0.25, 0.3) is 0 Å². The third-order valence-corrected chi connectivity index (χ3v) is 6.17. The Balaban J connectivity index is 1.44. The van der Waals surface area contributed by atoms with E-state index in [1.807, 2.05) is 18.2 Å². The summed E-state index contributed by atoms with van der Waals surface area (Å²) in [5, 5.41) is 21.4. The highest BCUT2D eigenvalue weighted by Crippen LogP contribution is 2.40. The first-order valence-corrected chi connectivity index (χ1v) is 10.2. The number of carboxylic acid groups (broad SMARTS) is 1. The Kier molecular flexibility index (Phi) is 4.90. The number of nitrogens with zero attached hydrogens (tertiary/aromatic N) is 3. The maximum atomic E-state index is 12.3. The molecule has 27 heavy (non-hydrogen) atoms. The first-order chi connectivity index (χ1) is 13.1. The van der Waals surface area contributed by atoms with Gasteiger partial charge in [-0.3, -0.25) is 4.79 Å². The van der Waals surface area contributed by atoms with Crippen LogP contribution in [-0.2, 0) is 16.1 Å². The zero-order valence-corrected chi connectivity index (χ0v) is 15.7. The lowest BCUT2D eigenvalue weighted by atomic mass is 9.77. The lowest BCUT2D eigenvalue weighted by Gasteiger charge is -2.38. The number of amides is 1. The molecule has 1 amide bonds. The monoisotopic (exact) mass is 386 g/mol. The van der Waals surface area contributed by atoms with Gasteiger partial charge in [0.05, 0.1) is 12.3 Å². The number of carbonyl (C=O) groups excluding carboxylic acids is 1. The van der Waals surface area contributed by atoms with Gasteiger partial charge in [0.2, 0.25) is 5.91 Å². The molecule has 1 aromatic heterocycles. The van der Waals surface area contributed by atoms with Gasteiger partial charge in [0.1, 0.15) is 11.4 Å². The lowest BCUT2D eigenvalue weighted by molar-refractivity contribution is -0.151. The Labute approximate surface area is 161 Å². The van der Waals surface area contributed by atoms with Crippen molar-refractivity contribution in [2.75, 3.05) is 5.75 Å². The van der Waals surface area contributed by atoms with Crippen LogP contribution in [0.15, 0.2) is 35.5 Å². The zero-order valence-electron chi connectivity index (χ0n) is 14.9. The molecule has 2 aromatic rings. The molecule has 0 saturated heterocycles. The molecular weight excluding hydrogens is 364 g/mol. The minimum Gasteiger partial charge on any atom is -0.480 e. The van der Waals surface area contributed by atoms with E-state index in [0.717, 1.165) is 30.7 Å². The van der Waals surface area contributed by atoms with Gasteiger partial charge in [-0.25, -0.2) is 4.79 Å². The van der Waals surface area contributed by atoms with Crippen LogP contribution in [0.25, 0.3) is 0 Å². The Morgan fingerprint density at radius 2 is 1.96 bits per heavy atom. The van der Waals surface area contributed by atoms with Crippen LogP contribution in [0.1, 0.15) is 49.4 Å². The van der Waals surface area contributed by atoms with Crippen molar-refractivity contribution in [2.45, 2.75) is 55.3 Å². The van der Waals surface area contributed by atoms with Crippen molar-refractivity contribution in [1.29, 1.82) is 0 Å². The largest absolute Gasteiger partial charge is 0.480 e. The van der Waals surface area contributed by atoms with Crippen molar-refractivity contribution in [3.63, 3.8) is 0 Å².